The molecule has 8 aliphatic carbocycles. The summed E-state index contributed by atoms with van der Waals surface area (Å²) in [6.45, 7) is 36.1. The summed E-state index contributed by atoms with van der Waals surface area (Å²) in [5.74, 6) is 10.2. The van der Waals surface area contributed by atoms with Crippen molar-refractivity contribution in [1.29, 1.82) is 0 Å². The van der Waals surface area contributed by atoms with Crippen LogP contribution >= 0.6 is 0 Å². The Hall–Kier alpha value is -1.12. The molecule has 2 nitrogen and oxygen atoms in total. The Morgan fingerprint density at radius 3 is 1.38 bits per heavy atom. The third-order valence-corrected chi connectivity index (χ3v) is 22.4. The van der Waals surface area contributed by atoms with Crippen LogP contribution in [0, 0.1) is 105 Å². The zero-order chi connectivity index (χ0) is 44.4. The molecule has 2 heteroatoms. The van der Waals surface area contributed by atoms with Crippen LogP contribution in [0.15, 0.2) is 47.1 Å². The Morgan fingerprint density at radius 1 is 0.590 bits per heavy atom. The molecule has 0 aromatic carbocycles. The van der Waals surface area contributed by atoms with Gasteiger partial charge in [0.25, 0.3) is 0 Å². The summed E-state index contributed by atoms with van der Waals surface area (Å²) in [5, 5.41) is 21.0. The van der Waals surface area contributed by atoms with Crippen LogP contribution in [0.1, 0.15) is 206 Å². The first-order valence-electron chi connectivity index (χ1n) is 26.8. The average Bonchev–Trinajstić information content (AvgIpc) is 3.77. The summed E-state index contributed by atoms with van der Waals surface area (Å²) in [5.41, 5.74) is 8.66. The highest BCUT2D eigenvalue weighted by Gasteiger charge is 2.61. The van der Waals surface area contributed by atoms with Crippen molar-refractivity contribution in [3.05, 3.63) is 47.1 Å². The van der Waals surface area contributed by atoms with E-state index in [2.05, 4.69) is 115 Å². The summed E-state index contributed by atoms with van der Waals surface area (Å²) >= 11 is 0. The quantitative estimate of drug-likeness (QED) is 0.215. The topological polar surface area (TPSA) is 40.5 Å². The van der Waals surface area contributed by atoms with Crippen LogP contribution in [-0.4, -0.2) is 22.4 Å². The molecule has 0 spiro atoms. The van der Waals surface area contributed by atoms with Crippen molar-refractivity contribution in [1.82, 2.24) is 0 Å². The molecule has 0 aromatic rings. The van der Waals surface area contributed by atoms with E-state index in [-0.39, 0.29) is 12.2 Å². The minimum Gasteiger partial charge on any atom is -0.393 e. The Bertz CT molecular complexity index is 1640. The van der Waals surface area contributed by atoms with Crippen molar-refractivity contribution >= 4 is 0 Å². The normalized spacial score (nSPS) is 46.4. The van der Waals surface area contributed by atoms with Gasteiger partial charge in [0.1, 0.15) is 0 Å². The van der Waals surface area contributed by atoms with Crippen molar-refractivity contribution in [2.45, 2.75) is 218 Å². The minimum absolute atomic E-state index is 0.0773. The zero-order valence-electron chi connectivity index (χ0n) is 42.3. The van der Waals surface area contributed by atoms with Gasteiger partial charge in [-0.1, -0.05) is 130 Å². The minimum atomic E-state index is -0.0795. The molecule has 0 aromatic heterocycles. The zero-order valence-corrected chi connectivity index (χ0v) is 42.3. The van der Waals surface area contributed by atoms with E-state index >= 15 is 0 Å². The van der Waals surface area contributed by atoms with Crippen LogP contribution in [0.5, 0.6) is 0 Å². The van der Waals surface area contributed by atoms with Crippen LogP contribution < -0.4 is 0 Å². The predicted molar refractivity (Wildman–Crippen MR) is 261 cm³/mol. The Balaban J connectivity index is 0.000000184. The fraction of sp³-hybridized carbons (Fsp3) is 0.864. The third kappa shape index (κ3) is 8.37. The van der Waals surface area contributed by atoms with E-state index in [1.54, 1.807) is 5.57 Å². The van der Waals surface area contributed by atoms with E-state index in [0.29, 0.717) is 57.2 Å². The van der Waals surface area contributed by atoms with E-state index in [9.17, 15) is 10.2 Å². The average molecular weight is 839 g/mol. The fourth-order valence-corrected chi connectivity index (χ4v) is 18.1. The van der Waals surface area contributed by atoms with Gasteiger partial charge >= 0.3 is 0 Å². The summed E-state index contributed by atoms with van der Waals surface area (Å²) in [6.07, 6.45) is 31.0. The third-order valence-electron chi connectivity index (χ3n) is 22.4. The first-order chi connectivity index (χ1) is 28.7. The molecule has 0 saturated heterocycles. The smallest absolute Gasteiger partial charge is 0.0568 e. The number of rotatable bonds is 10. The van der Waals surface area contributed by atoms with Crippen molar-refractivity contribution in [2.75, 3.05) is 0 Å². The van der Waals surface area contributed by atoms with Gasteiger partial charge in [0.05, 0.1) is 12.2 Å². The van der Waals surface area contributed by atoms with Crippen molar-refractivity contribution in [3.63, 3.8) is 0 Å². The van der Waals surface area contributed by atoms with Gasteiger partial charge in [0.15, 0.2) is 0 Å². The van der Waals surface area contributed by atoms with Crippen LogP contribution in [-0.2, 0) is 0 Å². The summed E-state index contributed by atoms with van der Waals surface area (Å²) < 4.78 is 0. The highest BCUT2D eigenvalue weighted by molar-refractivity contribution is 5.30. The van der Waals surface area contributed by atoms with E-state index in [0.717, 1.165) is 60.2 Å². The van der Waals surface area contributed by atoms with E-state index in [1.807, 2.05) is 11.1 Å². The largest absolute Gasteiger partial charge is 0.393 e. The first-order valence-corrected chi connectivity index (χ1v) is 26.8. The second-order valence-electron chi connectivity index (χ2n) is 25.6. The molecule has 6 saturated carbocycles. The lowest BCUT2D eigenvalue weighted by atomic mass is 9.46. The van der Waals surface area contributed by atoms with E-state index in [4.69, 9.17) is 0 Å². The molecule has 6 fully saturated rings. The van der Waals surface area contributed by atoms with Gasteiger partial charge < -0.3 is 10.2 Å². The van der Waals surface area contributed by atoms with Crippen LogP contribution in [0.25, 0.3) is 0 Å². The van der Waals surface area contributed by atoms with Gasteiger partial charge in [-0.05, 0) is 227 Å². The van der Waals surface area contributed by atoms with Crippen molar-refractivity contribution in [2.24, 2.45) is 105 Å². The predicted octanol–water partition coefficient (Wildman–Crippen LogP) is 16.0. The molecule has 18 atom stereocenters. The lowest BCUT2D eigenvalue weighted by Gasteiger charge is -2.59. The number of hydrogen-bond donors (Lipinski definition) is 2. The van der Waals surface area contributed by atoms with Gasteiger partial charge in [-0.3, -0.25) is 0 Å². The number of fused-ring (bicyclic) bond motifs is 10. The Morgan fingerprint density at radius 2 is 0.984 bits per heavy atom. The molecule has 2 N–H and O–H groups in total. The maximum atomic E-state index is 10.5. The monoisotopic (exact) mass is 839 g/mol. The lowest BCUT2D eigenvalue weighted by Crippen LogP contribution is -2.52. The standard InChI is InChI=1S/C30H50O.C29H48O/c1-8-22(19(2)3)10-9-20(4)24-13-14-26-23-11-12-25-21(5)28(31)16-18-30(25,7)27(23)15-17-29(24,26)6;1-18(2)19(3)8-9-20(4)23-12-13-25-22-10-11-24-21(5)27(30)15-17-29(24,7)26(22)14-16-28(23,25)6/h8,11,19-21,24-28,31H,9-10,12-18H2,1-7H3;10,18,20-21,23-27,30H,3,8-9,11-17H2,1-2,4-7H3/b22-8-;. The first kappa shape index (κ1) is 47.8. The van der Waals surface area contributed by atoms with Gasteiger partial charge in [0, 0.05) is 0 Å². The molecular formula is C59H98O2. The second kappa shape index (κ2) is 18.3. The highest BCUT2D eigenvalue weighted by atomic mass is 16.3. The Kier molecular flexibility index (Phi) is 14.3. The molecule has 18 unspecified atom stereocenters. The van der Waals surface area contributed by atoms with Crippen LogP contribution in [0.4, 0.5) is 0 Å². The second-order valence-corrected chi connectivity index (χ2v) is 25.6. The van der Waals surface area contributed by atoms with Crippen LogP contribution in [0.2, 0.25) is 0 Å². The molecule has 61 heavy (non-hydrogen) atoms. The fourth-order valence-electron chi connectivity index (χ4n) is 18.1. The Labute approximate surface area is 378 Å². The van der Waals surface area contributed by atoms with E-state index in [1.165, 1.54) is 108 Å². The molecule has 346 valence electrons. The van der Waals surface area contributed by atoms with Gasteiger partial charge in [0.2, 0.25) is 0 Å². The highest BCUT2D eigenvalue weighted by Crippen LogP contribution is 2.69. The molecule has 0 bridgehead atoms. The molecule has 0 aliphatic heterocycles. The summed E-state index contributed by atoms with van der Waals surface area (Å²) in [4.78, 5) is 0. The van der Waals surface area contributed by atoms with Crippen LogP contribution in [0.3, 0.4) is 0 Å². The molecule has 8 aliphatic rings. The van der Waals surface area contributed by atoms with Crippen molar-refractivity contribution in [3.8, 4) is 0 Å². The molecule has 8 rings (SSSR count). The maximum Gasteiger partial charge on any atom is 0.0568 e. The van der Waals surface area contributed by atoms with Gasteiger partial charge in [-0.25, -0.2) is 0 Å². The summed E-state index contributed by atoms with van der Waals surface area (Å²) in [7, 11) is 0. The van der Waals surface area contributed by atoms with Gasteiger partial charge in [-0.15, -0.1) is 0 Å². The summed E-state index contributed by atoms with van der Waals surface area (Å²) in [6, 6.07) is 0. The molecule has 0 heterocycles. The number of hydrogen-bond acceptors (Lipinski definition) is 2. The SMILES string of the molecule is C/C=C(/CCC(C)C1CCC2C3=CCC4C(C)C(O)CCC4(C)C3CCC21C)C(C)C.C=C(CCC(C)C1CCC2C3=CCC4C(C)C(O)CCC4(C)C3CCC21C)C(C)C. The number of aliphatic hydroxyl groups excluding tert-OH is 2. The molecule has 0 amide bonds. The maximum absolute atomic E-state index is 10.5. The molecular weight excluding hydrogens is 741 g/mol. The van der Waals surface area contributed by atoms with Gasteiger partial charge in [-0.2, -0.15) is 0 Å². The van der Waals surface area contributed by atoms with E-state index < -0.39 is 0 Å². The number of allylic oxidation sites excluding steroid dienone is 7. The lowest BCUT2D eigenvalue weighted by molar-refractivity contribution is -0.0773. The molecule has 0 radical (unpaired) electrons. The number of aliphatic hydroxyl groups is 2. The van der Waals surface area contributed by atoms with Crippen molar-refractivity contribution < 1.29 is 10.2 Å².